The van der Waals surface area contributed by atoms with E-state index in [1.165, 1.54) is 28.3 Å². The summed E-state index contributed by atoms with van der Waals surface area (Å²) in [4.78, 5) is 17.6. The number of rotatable bonds is 3. The Kier molecular flexibility index (Phi) is 4.61. The first-order valence-electron chi connectivity index (χ1n) is 8.03. The van der Waals surface area contributed by atoms with E-state index in [2.05, 4.69) is 46.5 Å². The van der Waals surface area contributed by atoms with E-state index in [1.807, 2.05) is 11.8 Å². The predicted octanol–water partition coefficient (Wildman–Crippen LogP) is 2.68. The zero-order valence-electron chi connectivity index (χ0n) is 13.9. The molecule has 1 aliphatic rings. The smallest absolute Gasteiger partial charge is 0.267 e. The van der Waals surface area contributed by atoms with Crippen LogP contribution in [0.1, 0.15) is 33.4 Å². The topological polar surface area (TPSA) is 49.3 Å². The Bertz CT molecular complexity index is 704. The van der Waals surface area contributed by atoms with Gasteiger partial charge in [-0.1, -0.05) is 23.5 Å². The third kappa shape index (κ3) is 3.08. The molecule has 3 rings (SSSR count). The molecule has 1 saturated heterocycles. The molecule has 0 unspecified atom stereocenters. The van der Waals surface area contributed by atoms with Gasteiger partial charge in [0.05, 0.1) is 5.69 Å². The van der Waals surface area contributed by atoms with E-state index in [0.29, 0.717) is 4.88 Å². The Hall–Kier alpha value is -1.95. The molecule has 1 amide bonds. The molecule has 0 saturated carbocycles. The largest absolute Gasteiger partial charge is 0.368 e. The summed E-state index contributed by atoms with van der Waals surface area (Å²) >= 11 is 1.21. The number of aromatic nitrogens is 2. The highest BCUT2D eigenvalue weighted by Crippen LogP contribution is 2.24. The average molecular weight is 330 g/mol. The molecule has 0 radical (unpaired) electrons. The van der Waals surface area contributed by atoms with Crippen LogP contribution in [0.25, 0.3) is 0 Å². The fourth-order valence-electron chi connectivity index (χ4n) is 2.97. The van der Waals surface area contributed by atoms with Crippen LogP contribution in [-0.4, -0.2) is 46.6 Å². The Balaban J connectivity index is 1.69. The van der Waals surface area contributed by atoms with Crippen molar-refractivity contribution in [3.8, 4) is 0 Å². The lowest BCUT2D eigenvalue weighted by Crippen LogP contribution is -2.49. The summed E-state index contributed by atoms with van der Waals surface area (Å²) in [5.41, 5.74) is 4.74. The number of amides is 1. The van der Waals surface area contributed by atoms with Crippen LogP contribution in [0.5, 0.6) is 0 Å². The maximum atomic E-state index is 12.6. The number of benzene rings is 1. The average Bonchev–Trinajstić information content (AvgIpc) is 3.05. The van der Waals surface area contributed by atoms with Crippen LogP contribution in [0.2, 0.25) is 0 Å². The van der Waals surface area contributed by atoms with E-state index < -0.39 is 0 Å². The summed E-state index contributed by atoms with van der Waals surface area (Å²) in [7, 11) is 0. The Morgan fingerprint density at radius 1 is 1.22 bits per heavy atom. The van der Waals surface area contributed by atoms with Crippen LogP contribution in [-0.2, 0) is 6.42 Å². The van der Waals surface area contributed by atoms with Crippen molar-refractivity contribution in [1.82, 2.24) is 14.5 Å². The summed E-state index contributed by atoms with van der Waals surface area (Å²) in [5.74, 6) is 0.0810. The number of aryl methyl sites for hydroxylation is 2. The van der Waals surface area contributed by atoms with E-state index in [9.17, 15) is 4.79 Å². The van der Waals surface area contributed by atoms with Crippen LogP contribution in [0.3, 0.4) is 0 Å². The van der Waals surface area contributed by atoms with Gasteiger partial charge in [-0.25, -0.2) is 0 Å². The van der Waals surface area contributed by atoms with Crippen molar-refractivity contribution in [2.75, 3.05) is 31.1 Å². The van der Waals surface area contributed by atoms with Crippen molar-refractivity contribution in [2.45, 2.75) is 27.2 Å². The van der Waals surface area contributed by atoms with Crippen LogP contribution in [0, 0.1) is 13.8 Å². The molecule has 0 bridgehead atoms. The minimum absolute atomic E-state index is 0.0810. The molecule has 2 heterocycles. The first kappa shape index (κ1) is 15.9. The zero-order valence-corrected chi connectivity index (χ0v) is 14.7. The molecule has 5 nitrogen and oxygen atoms in total. The van der Waals surface area contributed by atoms with Crippen molar-refractivity contribution in [3.05, 3.63) is 39.9 Å². The van der Waals surface area contributed by atoms with Gasteiger partial charge < -0.3 is 9.80 Å². The van der Waals surface area contributed by atoms with Gasteiger partial charge in [-0.15, -0.1) is 5.10 Å². The third-order valence-electron chi connectivity index (χ3n) is 4.57. The Labute approximate surface area is 141 Å². The summed E-state index contributed by atoms with van der Waals surface area (Å²) in [6, 6.07) is 6.41. The lowest BCUT2D eigenvalue weighted by Gasteiger charge is -2.36. The SMILES string of the molecule is CCc1nnsc1C(=O)N1CCN(c2cccc(C)c2C)CC1. The maximum absolute atomic E-state index is 12.6. The second kappa shape index (κ2) is 6.66. The van der Waals surface area contributed by atoms with Gasteiger partial charge in [-0.2, -0.15) is 0 Å². The standard InChI is InChI=1S/C17H22N4OS/c1-4-14-16(23-19-18-14)17(22)21-10-8-20(9-11-21)15-7-5-6-12(2)13(15)3/h5-7H,4,8-11H2,1-3H3. The highest BCUT2D eigenvalue weighted by Gasteiger charge is 2.26. The van der Waals surface area contributed by atoms with Gasteiger partial charge in [0.2, 0.25) is 0 Å². The molecule has 23 heavy (non-hydrogen) atoms. The summed E-state index contributed by atoms with van der Waals surface area (Å²) in [6.45, 7) is 9.53. The molecule has 0 N–H and O–H groups in total. The molecule has 122 valence electrons. The van der Waals surface area contributed by atoms with Crippen molar-refractivity contribution < 1.29 is 4.79 Å². The van der Waals surface area contributed by atoms with Gasteiger partial charge in [0.15, 0.2) is 0 Å². The molecule has 0 atom stereocenters. The van der Waals surface area contributed by atoms with Gasteiger partial charge in [-0.05, 0) is 49.0 Å². The van der Waals surface area contributed by atoms with Crippen molar-refractivity contribution in [3.63, 3.8) is 0 Å². The van der Waals surface area contributed by atoms with Gasteiger partial charge in [0.25, 0.3) is 5.91 Å². The molecule has 6 heteroatoms. The summed E-state index contributed by atoms with van der Waals surface area (Å²) in [6.07, 6.45) is 0.750. The van der Waals surface area contributed by atoms with Gasteiger partial charge >= 0.3 is 0 Å². The molecule has 2 aromatic rings. The molecule has 1 fully saturated rings. The van der Waals surface area contributed by atoms with Gasteiger partial charge in [0.1, 0.15) is 4.88 Å². The summed E-state index contributed by atoms with van der Waals surface area (Å²) in [5, 5.41) is 4.05. The Morgan fingerprint density at radius 3 is 2.65 bits per heavy atom. The maximum Gasteiger partial charge on any atom is 0.267 e. The molecule has 1 aromatic carbocycles. The van der Waals surface area contributed by atoms with Crippen molar-refractivity contribution in [1.29, 1.82) is 0 Å². The van der Waals surface area contributed by atoms with Crippen molar-refractivity contribution >= 4 is 23.1 Å². The van der Waals surface area contributed by atoms with Crippen LogP contribution in [0.4, 0.5) is 5.69 Å². The van der Waals surface area contributed by atoms with Crippen LogP contribution in [0.15, 0.2) is 18.2 Å². The monoisotopic (exact) mass is 330 g/mol. The fourth-order valence-corrected chi connectivity index (χ4v) is 3.69. The second-order valence-corrected chi connectivity index (χ2v) is 6.65. The number of carbonyl (C=O) groups excluding carboxylic acids is 1. The third-order valence-corrected chi connectivity index (χ3v) is 5.32. The number of hydrogen-bond donors (Lipinski definition) is 0. The molecule has 0 aliphatic carbocycles. The summed E-state index contributed by atoms with van der Waals surface area (Å²) < 4.78 is 3.93. The van der Waals surface area contributed by atoms with E-state index >= 15 is 0 Å². The zero-order chi connectivity index (χ0) is 16.4. The lowest BCUT2D eigenvalue weighted by atomic mass is 10.1. The minimum atomic E-state index is 0.0810. The molecule has 1 aromatic heterocycles. The van der Waals surface area contributed by atoms with E-state index in [0.717, 1.165) is 38.3 Å². The number of carbonyl (C=O) groups is 1. The predicted molar refractivity (Wildman–Crippen MR) is 93.3 cm³/mol. The van der Waals surface area contributed by atoms with Crippen LogP contribution < -0.4 is 4.90 Å². The first-order chi connectivity index (χ1) is 11.1. The number of piperazine rings is 1. The van der Waals surface area contributed by atoms with Gasteiger partial charge in [0, 0.05) is 31.9 Å². The first-order valence-corrected chi connectivity index (χ1v) is 8.80. The van der Waals surface area contributed by atoms with Crippen LogP contribution >= 0.6 is 11.5 Å². The molecule has 0 spiro atoms. The van der Waals surface area contributed by atoms with Crippen molar-refractivity contribution in [2.24, 2.45) is 0 Å². The van der Waals surface area contributed by atoms with E-state index in [4.69, 9.17) is 0 Å². The van der Waals surface area contributed by atoms with E-state index in [-0.39, 0.29) is 5.91 Å². The van der Waals surface area contributed by atoms with E-state index in [1.54, 1.807) is 0 Å². The Morgan fingerprint density at radius 2 is 1.96 bits per heavy atom. The fraction of sp³-hybridized carbons (Fsp3) is 0.471. The highest BCUT2D eigenvalue weighted by molar-refractivity contribution is 7.08. The number of hydrogen-bond acceptors (Lipinski definition) is 5. The lowest BCUT2D eigenvalue weighted by molar-refractivity contribution is 0.0750. The number of nitrogens with zero attached hydrogens (tertiary/aromatic N) is 4. The van der Waals surface area contributed by atoms with Gasteiger partial charge in [-0.3, -0.25) is 4.79 Å². The normalized spacial score (nSPS) is 15.1. The highest BCUT2D eigenvalue weighted by atomic mass is 32.1. The molecular weight excluding hydrogens is 308 g/mol. The quantitative estimate of drug-likeness (QED) is 0.868. The molecular formula is C17H22N4OS. The second-order valence-electron chi connectivity index (χ2n) is 5.90. The minimum Gasteiger partial charge on any atom is -0.368 e. The number of anilines is 1. The molecule has 1 aliphatic heterocycles.